The van der Waals surface area contributed by atoms with Crippen molar-refractivity contribution in [3.05, 3.63) is 270 Å². The molecule has 0 heterocycles. The van der Waals surface area contributed by atoms with Gasteiger partial charge in [-0.2, -0.15) is 0 Å². The van der Waals surface area contributed by atoms with Crippen LogP contribution in [0.15, 0.2) is 237 Å². The third kappa shape index (κ3) is 5.52. The van der Waals surface area contributed by atoms with E-state index in [1.165, 1.54) is 100 Å². The molecule has 0 radical (unpaired) electrons. The zero-order chi connectivity index (χ0) is 43.3. The van der Waals surface area contributed by atoms with Gasteiger partial charge in [-0.3, -0.25) is 0 Å². The number of fused-ring (bicyclic) bond motifs is 13. The lowest BCUT2D eigenvalue weighted by atomic mass is 9.70. The molecule has 0 atom stereocenters. The van der Waals surface area contributed by atoms with E-state index in [4.69, 9.17) is 0 Å². The Kier molecular flexibility index (Phi) is 8.24. The summed E-state index contributed by atoms with van der Waals surface area (Å²) < 4.78 is 0. The van der Waals surface area contributed by atoms with E-state index in [0.29, 0.717) is 0 Å². The van der Waals surface area contributed by atoms with Gasteiger partial charge in [-0.05, 0) is 143 Å². The van der Waals surface area contributed by atoms with Crippen molar-refractivity contribution in [1.29, 1.82) is 0 Å². The predicted molar refractivity (Wildman–Crippen MR) is 271 cm³/mol. The lowest BCUT2D eigenvalue weighted by Gasteiger charge is -2.32. The highest BCUT2D eigenvalue weighted by Gasteiger charge is 2.51. The highest BCUT2D eigenvalue weighted by Crippen LogP contribution is 2.63. The number of hydrogen-bond donors (Lipinski definition) is 0. The van der Waals surface area contributed by atoms with E-state index < -0.39 is 5.41 Å². The van der Waals surface area contributed by atoms with Crippen LogP contribution in [0, 0.1) is 0 Å². The summed E-state index contributed by atoms with van der Waals surface area (Å²) in [5.41, 5.74) is 26.1. The molecule has 13 rings (SSSR count). The van der Waals surface area contributed by atoms with Crippen molar-refractivity contribution in [3.8, 4) is 66.8 Å². The second-order valence-corrected chi connectivity index (χ2v) is 18.4. The van der Waals surface area contributed by atoms with Gasteiger partial charge in [-0.15, -0.1) is 0 Å². The van der Waals surface area contributed by atoms with Gasteiger partial charge in [0, 0.05) is 22.5 Å². The van der Waals surface area contributed by atoms with Gasteiger partial charge in [0.05, 0.1) is 5.41 Å². The molecule has 65 heavy (non-hydrogen) atoms. The van der Waals surface area contributed by atoms with Crippen molar-refractivity contribution in [1.82, 2.24) is 0 Å². The topological polar surface area (TPSA) is 3.24 Å². The number of nitrogens with zero attached hydrogens (tertiary/aromatic N) is 1. The van der Waals surface area contributed by atoms with Gasteiger partial charge < -0.3 is 4.90 Å². The Morgan fingerprint density at radius 1 is 0.246 bits per heavy atom. The Hall–Kier alpha value is -8.00. The third-order valence-corrected chi connectivity index (χ3v) is 14.7. The molecule has 0 bridgehead atoms. The summed E-state index contributed by atoms with van der Waals surface area (Å²) in [6.07, 6.45) is 0. The summed E-state index contributed by atoms with van der Waals surface area (Å²) in [6, 6.07) is 88.1. The van der Waals surface area contributed by atoms with E-state index in [9.17, 15) is 0 Å². The molecule has 1 nitrogen and oxygen atoms in total. The smallest absolute Gasteiger partial charge is 0.0726 e. The molecule has 0 unspecified atom stereocenters. The normalized spacial score (nSPS) is 13.9. The van der Waals surface area contributed by atoms with Crippen molar-refractivity contribution < 1.29 is 0 Å². The van der Waals surface area contributed by atoms with Crippen molar-refractivity contribution in [2.75, 3.05) is 4.90 Å². The first-order chi connectivity index (χ1) is 32.0. The highest BCUT2D eigenvalue weighted by atomic mass is 15.1. The Balaban J connectivity index is 0.958. The van der Waals surface area contributed by atoms with Gasteiger partial charge in [0.2, 0.25) is 0 Å². The molecular weight excluding hydrogens is 783 g/mol. The summed E-state index contributed by atoms with van der Waals surface area (Å²) in [4.78, 5) is 2.48. The summed E-state index contributed by atoms with van der Waals surface area (Å²) in [5, 5.41) is 0. The molecule has 0 aliphatic heterocycles. The highest BCUT2D eigenvalue weighted by molar-refractivity contribution is 5.97. The molecule has 0 saturated heterocycles. The molecular formula is C64H45N. The lowest BCUT2D eigenvalue weighted by Crippen LogP contribution is -2.26. The molecule has 306 valence electrons. The molecule has 0 saturated carbocycles. The Bertz CT molecular complexity index is 3420. The van der Waals surface area contributed by atoms with Crippen LogP contribution in [-0.2, 0) is 10.8 Å². The molecule has 1 spiro atoms. The van der Waals surface area contributed by atoms with E-state index in [2.05, 4.69) is 255 Å². The summed E-state index contributed by atoms with van der Waals surface area (Å²) >= 11 is 0. The minimum Gasteiger partial charge on any atom is -0.310 e. The minimum atomic E-state index is -0.431. The fourth-order valence-corrected chi connectivity index (χ4v) is 11.6. The van der Waals surface area contributed by atoms with Crippen molar-refractivity contribution in [2.24, 2.45) is 0 Å². The van der Waals surface area contributed by atoms with Crippen LogP contribution in [0.3, 0.4) is 0 Å². The van der Waals surface area contributed by atoms with Gasteiger partial charge in [-0.1, -0.05) is 208 Å². The van der Waals surface area contributed by atoms with E-state index in [1.54, 1.807) is 0 Å². The maximum atomic E-state index is 2.50. The SMILES string of the molecule is CC1(C)c2cc(-c3ccc(-c4ccccc4)cc3)ccc2-c2ccc(N(c3ccc(-c4ccccc4)cc3)c3ccc4c(c3)C3(c5ccccc5-c5ccccc53)c3ccccc3-4)cc21. The van der Waals surface area contributed by atoms with Crippen molar-refractivity contribution >= 4 is 17.1 Å². The average Bonchev–Trinajstić information content (AvgIpc) is 3.93. The fourth-order valence-electron chi connectivity index (χ4n) is 11.6. The van der Waals surface area contributed by atoms with Gasteiger partial charge in [0.1, 0.15) is 0 Å². The first kappa shape index (κ1) is 37.5. The Morgan fingerprint density at radius 2 is 0.569 bits per heavy atom. The second kappa shape index (κ2) is 14.3. The van der Waals surface area contributed by atoms with Crippen molar-refractivity contribution in [3.63, 3.8) is 0 Å². The molecule has 10 aromatic carbocycles. The van der Waals surface area contributed by atoms with Crippen LogP contribution in [0.4, 0.5) is 17.1 Å². The zero-order valence-electron chi connectivity index (χ0n) is 36.5. The summed E-state index contributed by atoms with van der Waals surface area (Å²) in [6.45, 7) is 4.79. The zero-order valence-corrected chi connectivity index (χ0v) is 36.5. The van der Waals surface area contributed by atoms with E-state index >= 15 is 0 Å². The van der Waals surface area contributed by atoms with Crippen LogP contribution < -0.4 is 4.90 Å². The Morgan fingerprint density at radius 3 is 1.08 bits per heavy atom. The third-order valence-electron chi connectivity index (χ3n) is 14.7. The van der Waals surface area contributed by atoms with Gasteiger partial charge in [0.25, 0.3) is 0 Å². The fraction of sp³-hybridized carbons (Fsp3) is 0.0625. The molecule has 3 aliphatic rings. The summed E-state index contributed by atoms with van der Waals surface area (Å²) in [5.74, 6) is 0. The van der Waals surface area contributed by atoms with Crippen LogP contribution in [0.2, 0.25) is 0 Å². The lowest BCUT2D eigenvalue weighted by molar-refractivity contribution is 0.660. The van der Waals surface area contributed by atoms with E-state index in [1.807, 2.05) is 0 Å². The van der Waals surface area contributed by atoms with Crippen molar-refractivity contribution in [2.45, 2.75) is 24.7 Å². The first-order valence-corrected chi connectivity index (χ1v) is 22.8. The van der Waals surface area contributed by atoms with Crippen LogP contribution in [-0.4, -0.2) is 0 Å². The van der Waals surface area contributed by atoms with Crippen LogP contribution in [0.25, 0.3) is 66.8 Å². The average molecular weight is 828 g/mol. The van der Waals surface area contributed by atoms with E-state index in [0.717, 1.165) is 17.1 Å². The van der Waals surface area contributed by atoms with Crippen LogP contribution in [0.5, 0.6) is 0 Å². The maximum Gasteiger partial charge on any atom is 0.0726 e. The molecule has 10 aromatic rings. The molecule has 3 aliphatic carbocycles. The number of benzene rings is 10. The number of hydrogen-bond acceptors (Lipinski definition) is 1. The molecule has 0 aromatic heterocycles. The van der Waals surface area contributed by atoms with Crippen LogP contribution >= 0.6 is 0 Å². The molecule has 1 heteroatoms. The first-order valence-electron chi connectivity index (χ1n) is 22.8. The molecule has 0 N–H and O–H groups in total. The van der Waals surface area contributed by atoms with Gasteiger partial charge in [-0.25, -0.2) is 0 Å². The largest absolute Gasteiger partial charge is 0.310 e. The minimum absolute atomic E-state index is 0.218. The van der Waals surface area contributed by atoms with Gasteiger partial charge >= 0.3 is 0 Å². The standard InChI is InChI=1S/C64H45N/c1-63(2)60-39-47(46-27-25-44(26-28-46)42-15-5-3-6-16-42)31-36-54(60)55-37-34-49(40-61(55)63)65(48-32-29-45(30-33-48)43-17-7-4-8-18-43)50-35-38-56-53-21-11-14-24-59(53)64(62(56)41-50)57-22-12-9-19-51(57)52-20-10-13-23-58(52)64/h3-41H,1-2H3. The molecule has 0 amide bonds. The number of anilines is 3. The number of rotatable bonds is 6. The molecule has 0 fully saturated rings. The summed E-state index contributed by atoms with van der Waals surface area (Å²) in [7, 11) is 0. The van der Waals surface area contributed by atoms with Gasteiger partial charge in [0.15, 0.2) is 0 Å². The maximum absolute atomic E-state index is 2.50. The quantitative estimate of drug-likeness (QED) is 0.161. The monoisotopic (exact) mass is 827 g/mol. The predicted octanol–water partition coefficient (Wildman–Crippen LogP) is 16.8. The van der Waals surface area contributed by atoms with E-state index in [-0.39, 0.29) is 5.41 Å². The Labute approximate surface area is 381 Å². The van der Waals surface area contributed by atoms with Crippen LogP contribution in [0.1, 0.15) is 47.2 Å². The second-order valence-electron chi connectivity index (χ2n) is 18.4.